The van der Waals surface area contributed by atoms with Gasteiger partial charge in [-0.25, -0.2) is 21.8 Å². The second-order valence-electron chi connectivity index (χ2n) is 4.80. The summed E-state index contributed by atoms with van der Waals surface area (Å²) in [6.07, 6.45) is 3.23. The van der Waals surface area contributed by atoms with Crippen LogP contribution in [-0.4, -0.2) is 31.7 Å². The zero-order valence-corrected chi connectivity index (χ0v) is 14.1. The van der Waals surface area contributed by atoms with Crippen LogP contribution in [0.5, 0.6) is 0 Å². The van der Waals surface area contributed by atoms with Crippen molar-refractivity contribution in [1.82, 2.24) is 14.1 Å². The maximum atomic E-state index is 12.4. The van der Waals surface area contributed by atoms with E-state index in [9.17, 15) is 26.9 Å². The van der Waals surface area contributed by atoms with Crippen molar-refractivity contribution in [2.45, 2.75) is 23.8 Å². The number of rotatable bonds is 5. The van der Waals surface area contributed by atoms with Crippen LogP contribution in [0.1, 0.15) is 11.1 Å². The highest BCUT2D eigenvalue weighted by atomic mass is 32.3. The summed E-state index contributed by atoms with van der Waals surface area (Å²) >= 11 is 0. The number of sulfonamides is 2. The molecular weight excluding hydrogens is 360 g/mol. The summed E-state index contributed by atoms with van der Waals surface area (Å²) in [5.74, 6) is 0. The van der Waals surface area contributed by atoms with Crippen molar-refractivity contribution < 1.29 is 21.8 Å². The molecule has 0 fully saturated rings. The Kier molecular flexibility index (Phi) is 4.64. The SMILES string of the molecule is Cc1cc(S(=O)(=O)NS(=O)(=O)c2cnccn2)c(C)cc1[N+](=O)[O-]. The van der Waals surface area contributed by atoms with Crippen LogP contribution in [0.15, 0.2) is 40.6 Å². The molecule has 0 atom stereocenters. The molecule has 128 valence electrons. The van der Waals surface area contributed by atoms with E-state index in [1.807, 2.05) is 0 Å². The molecule has 2 rings (SSSR count). The summed E-state index contributed by atoms with van der Waals surface area (Å²) in [7, 11) is -8.96. The number of hydrogen-bond donors (Lipinski definition) is 1. The fraction of sp³-hybridized carbons (Fsp3) is 0.167. The number of nitro groups is 1. The minimum atomic E-state index is -4.49. The van der Waals surface area contributed by atoms with Crippen molar-refractivity contribution in [1.29, 1.82) is 0 Å². The molecular formula is C12H12N4O6S2. The van der Waals surface area contributed by atoms with Crippen molar-refractivity contribution >= 4 is 25.7 Å². The number of aryl methyl sites for hydroxylation is 2. The van der Waals surface area contributed by atoms with Crippen LogP contribution in [-0.2, 0) is 20.0 Å². The fourth-order valence-electron chi connectivity index (χ4n) is 1.92. The monoisotopic (exact) mass is 372 g/mol. The van der Waals surface area contributed by atoms with E-state index in [-0.39, 0.29) is 21.7 Å². The molecule has 12 heteroatoms. The molecule has 0 unspecified atom stereocenters. The summed E-state index contributed by atoms with van der Waals surface area (Å²) in [6.45, 7) is 2.68. The third-order valence-electron chi connectivity index (χ3n) is 3.01. The Balaban J connectivity index is 2.49. The largest absolute Gasteiger partial charge is 0.272 e. The van der Waals surface area contributed by atoms with Crippen LogP contribution in [0.3, 0.4) is 0 Å². The summed E-state index contributed by atoms with van der Waals surface area (Å²) in [5, 5.41) is 10.3. The minimum Gasteiger partial charge on any atom is -0.260 e. The second-order valence-corrected chi connectivity index (χ2v) is 8.33. The maximum absolute atomic E-state index is 12.4. The van der Waals surface area contributed by atoms with Gasteiger partial charge in [-0.2, -0.15) is 0 Å². The average Bonchev–Trinajstić information content (AvgIpc) is 2.48. The van der Waals surface area contributed by atoms with Crippen molar-refractivity contribution in [3.8, 4) is 0 Å². The molecule has 1 aromatic carbocycles. The number of benzene rings is 1. The molecule has 1 aromatic heterocycles. The predicted molar refractivity (Wildman–Crippen MR) is 82.1 cm³/mol. The third kappa shape index (κ3) is 3.55. The van der Waals surface area contributed by atoms with Crippen LogP contribution in [0, 0.1) is 24.0 Å². The molecule has 0 radical (unpaired) electrons. The van der Waals surface area contributed by atoms with Gasteiger partial charge >= 0.3 is 0 Å². The smallest absolute Gasteiger partial charge is 0.260 e. The molecule has 0 spiro atoms. The van der Waals surface area contributed by atoms with Gasteiger partial charge in [0.25, 0.3) is 25.7 Å². The number of nitrogens with zero attached hydrogens (tertiary/aromatic N) is 3. The molecule has 0 bridgehead atoms. The fourth-order valence-corrected chi connectivity index (χ4v) is 4.99. The molecule has 0 aliphatic rings. The molecule has 0 saturated heterocycles. The highest BCUT2D eigenvalue weighted by molar-refractivity contribution is 8.04. The van der Waals surface area contributed by atoms with Crippen molar-refractivity contribution in [3.05, 3.63) is 52.0 Å². The summed E-state index contributed by atoms with van der Waals surface area (Å²) in [4.78, 5) is 17.0. The molecule has 1 N–H and O–H groups in total. The lowest BCUT2D eigenvalue weighted by atomic mass is 10.1. The molecule has 0 saturated carbocycles. The zero-order chi connectivity index (χ0) is 18.1. The van der Waals surface area contributed by atoms with Crippen LogP contribution in [0.4, 0.5) is 5.69 Å². The normalized spacial score (nSPS) is 12.1. The molecule has 24 heavy (non-hydrogen) atoms. The van der Waals surface area contributed by atoms with E-state index < -0.39 is 30.0 Å². The summed E-state index contributed by atoms with van der Waals surface area (Å²) in [5.41, 5.74) is -0.139. The van der Waals surface area contributed by atoms with Crippen molar-refractivity contribution in [2.75, 3.05) is 0 Å². The van der Waals surface area contributed by atoms with Gasteiger partial charge in [0.05, 0.1) is 16.0 Å². The average molecular weight is 372 g/mol. The lowest BCUT2D eigenvalue weighted by Gasteiger charge is -2.10. The summed E-state index contributed by atoms with van der Waals surface area (Å²) < 4.78 is 50.5. The quantitative estimate of drug-likeness (QED) is 0.594. The summed E-state index contributed by atoms with van der Waals surface area (Å²) in [6, 6.07) is 2.11. The van der Waals surface area contributed by atoms with Gasteiger partial charge in [-0.05, 0) is 25.5 Å². The maximum Gasteiger partial charge on any atom is 0.272 e. The first-order chi connectivity index (χ1) is 11.0. The highest BCUT2D eigenvalue weighted by Gasteiger charge is 2.28. The molecule has 10 nitrogen and oxygen atoms in total. The Labute approximate surface area is 137 Å². The standard InChI is InChI=1S/C12H12N4O6S2/c1-8-6-11(9(2)5-10(8)16(17)18)23(19,20)15-24(21,22)12-7-13-3-4-14-12/h3-7,15H,1-2H3. The Morgan fingerprint density at radius 2 is 1.71 bits per heavy atom. The van der Waals surface area contributed by atoms with Gasteiger partial charge in [0, 0.05) is 24.0 Å². The molecule has 0 aliphatic heterocycles. The molecule has 1 heterocycles. The Bertz CT molecular complexity index is 1000. The van der Waals surface area contributed by atoms with Crippen LogP contribution in [0.2, 0.25) is 0 Å². The van der Waals surface area contributed by atoms with E-state index in [1.54, 1.807) is 4.13 Å². The Hall–Kier alpha value is -2.44. The Morgan fingerprint density at radius 3 is 2.25 bits per heavy atom. The first-order valence-electron chi connectivity index (χ1n) is 6.35. The van der Waals surface area contributed by atoms with E-state index in [1.165, 1.54) is 20.0 Å². The van der Waals surface area contributed by atoms with Gasteiger partial charge in [-0.3, -0.25) is 15.1 Å². The van der Waals surface area contributed by atoms with Gasteiger partial charge < -0.3 is 0 Å². The molecule has 0 amide bonds. The van der Waals surface area contributed by atoms with Crippen molar-refractivity contribution in [2.24, 2.45) is 0 Å². The molecule has 2 aromatic rings. The lowest BCUT2D eigenvalue weighted by molar-refractivity contribution is -0.385. The van der Waals surface area contributed by atoms with E-state index in [0.29, 0.717) is 0 Å². The van der Waals surface area contributed by atoms with E-state index in [4.69, 9.17) is 0 Å². The minimum absolute atomic E-state index is 0.0362. The first-order valence-corrected chi connectivity index (χ1v) is 9.31. The second kappa shape index (κ2) is 6.22. The van der Waals surface area contributed by atoms with Gasteiger partial charge in [0.15, 0.2) is 5.03 Å². The Morgan fingerprint density at radius 1 is 1.04 bits per heavy atom. The number of nitro benzene ring substituents is 1. The van der Waals surface area contributed by atoms with Gasteiger partial charge in [0.1, 0.15) is 0 Å². The number of nitrogens with one attached hydrogen (secondary N) is 1. The predicted octanol–water partition coefficient (Wildman–Crippen LogP) is 0.669. The first kappa shape index (κ1) is 17.9. The third-order valence-corrected chi connectivity index (χ3v) is 6.55. The molecule has 0 aliphatic carbocycles. The van der Waals surface area contributed by atoms with E-state index >= 15 is 0 Å². The number of hydrogen-bond acceptors (Lipinski definition) is 8. The van der Waals surface area contributed by atoms with Gasteiger partial charge in [0.2, 0.25) is 0 Å². The van der Waals surface area contributed by atoms with Crippen molar-refractivity contribution in [3.63, 3.8) is 0 Å². The van der Waals surface area contributed by atoms with E-state index in [0.717, 1.165) is 24.5 Å². The zero-order valence-electron chi connectivity index (χ0n) is 12.5. The van der Waals surface area contributed by atoms with E-state index in [2.05, 4.69) is 9.97 Å². The van der Waals surface area contributed by atoms with Crippen LogP contribution >= 0.6 is 0 Å². The van der Waals surface area contributed by atoms with Gasteiger partial charge in [-0.15, -0.1) is 0 Å². The number of aromatic nitrogens is 2. The van der Waals surface area contributed by atoms with Crippen LogP contribution < -0.4 is 4.13 Å². The highest BCUT2D eigenvalue weighted by Crippen LogP contribution is 2.26. The van der Waals surface area contributed by atoms with Gasteiger partial charge in [-0.1, -0.05) is 4.13 Å². The lowest BCUT2D eigenvalue weighted by Crippen LogP contribution is -2.31. The van der Waals surface area contributed by atoms with Crippen LogP contribution in [0.25, 0.3) is 0 Å². The topological polar surface area (TPSA) is 149 Å².